The van der Waals surface area contributed by atoms with Gasteiger partial charge in [-0.15, -0.1) is 0 Å². The van der Waals surface area contributed by atoms with Crippen molar-refractivity contribution in [1.29, 1.82) is 0 Å². The average Bonchev–Trinajstić information content (AvgIpc) is 3.34. The second-order valence-corrected chi connectivity index (χ2v) is 9.66. The second-order valence-electron chi connectivity index (χ2n) is 7.77. The van der Waals surface area contributed by atoms with Gasteiger partial charge in [0.15, 0.2) is 0 Å². The number of sulfonamides is 1. The normalized spacial score (nSPS) is 18.2. The third kappa shape index (κ3) is 3.03. The molecule has 9 nitrogen and oxygen atoms in total. The number of piperazine rings is 1. The molecule has 2 fully saturated rings. The van der Waals surface area contributed by atoms with E-state index in [1.807, 2.05) is 17.2 Å². The number of rotatable bonds is 4. The standard InChI is InChI=1S/C20H22N6O3S/c1-21-30(28,29)15-4-2-14(3-5-15)19(27)26-11-10-25(12-20(26)7-8-20)18-16-6-9-22-17(16)23-13-24-18/h2-6,9,13,21H,7-8,10-12H2,1H3,(H,22,23,24). The molecule has 1 aliphatic heterocycles. The van der Waals surface area contributed by atoms with Gasteiger partial charge in [-0.05, 0) is 50.2 Å². The largest absolute Gasteiger partial charge is 0.352 e. The first-order chi connectivity index (χ1) is 14.4. The van der Waals surface area contributed by atoms with Crippen LogP contribution in [0.4, 0.5) is 5.82 Å². The van der Waals surface area contributed by atoms with E-state index >= 15 is 0 Å². The molecule has 156 valence electrons. The number of hydrogen-bond acceptors (Lipinski definition) is 6. The maximum Gasteiger partial charge on any atom is 0.254 e. The fraction of sp³-hybridized carbons (Fsp3) is 0.350. The molecule has 1 aromatic carbocycles. The zero-order valence-electron chi connectivity index (χ0n) is 16.5. The van der Waals surface area contributed by atoms with Crippen LogP contribution in [0.25, 0.3) is 11.0 Å². The van der Waals surface area contributed by atoms with E-state index in [9.17, 15) is 13.2 Å². The van der Waals surface area contributed by atoms with Crippen LogP contribution in [0.3, 0.4) is 0 Å². The van der Waals surface area contributed by atoms with Crippen LogP contribution < -0.4 is 9.62 Å². The van der Waals surface area contributed by atoms with Crippen molar-refractivity contribution in [2.45, 2.75) is 23.3 Å². The van der Waals surface area contributed by atoms with Crippen LogP contribution >= 0.6 is 0 Å². The summed E-state index contributed by atoms with van der Waals surface area (Å²) >= 11 is 0. The van der Waals surface area contributed by atoms with E-state index in [2.05, 4.69) is 24.6 Å². The first-order valence-electron chi connectivity index (χ1n) is 9.82. The molecule has 2 N–H and O–H groups in total. The predicted molar refractivity (Wildman–Crippen MR) is 112 cm³/mol. The van der Waals surface area contributed by atoms with Crippen LogP contribution in [-0.4, -0.2) is 66.4 Å². The molecule has 10 heteroatoms. The molecule has 1 aliphatic carbocycles. The Kier molecular flexibility index (Phi) is 4.30. The van der Waals surface area contributed by atoms with Crippen molar-refractivity contribution in [3.63, 3.8) is 0 Å². The smallest absolute Gasteiger partial charge is 0.254 e. The summed E-state index contributed by atoms with van der Waals surface area (Å²) in [6.45, 7) is 1.99. The maximum absolute atomic E-state index is 13.2. The Bertz CT molecular complexity index is 1220. The summed E-state index contributed by atoms with van der Waals surface area (Å²) in [5.41, 5.74) is 1.11. The monoisotopic (exact) mass is 426 g/mol. The molecule has 2 aliphatic rings. The quantitative estimate of drug-likeness (QED) is 0.652. The number of carbonyl (C=O) groups excluding carboxylic acids is 1. The Labute approximate surface area is 174 Å². The van der Waals surface area contributed by atoms with Crippen molar-refractivity contribution in [1.82, 2.24) is 24.6 Å². The van der Waals surface area contributed by atoms with E-state index in [0.717, 1.165) is 36.2 Å². The van der Waals surface area contributed by atoms with Gasteiger partial charge in [-0.25, -0.2) is 23.1 Å². The summed E-state index contributed by atoms with van der Waals surface area (Å²) in [5.74, 6) is 0.830. The number of anilines is 1. The van der Waals surface area contributed by atoms with Gasteiger partial charge in [0.2, 0.25) is 10.0 Å². The second kappa shape index (κ2) is 6.78. The molecule has 1 saturated heterocycles. The van der Waals surface area contributed by atoms with E-state index < -0.39 is 10.0 Å². The molecule has 3 heterocycles. The minimum absolute atomic E-state index is 0.0602. The zero-order valence-corrected chi connectivity index (χ0v) is 17.3. The Balaban J connectivity index is 1.37. The van der Waals surface area contributed by atoms with Gasteiger partial charge in [-0.1, -0.05) is 0 Å². The molecule has 0 radical (unpaired) electrons. The van der Waals surface area contributed by atoms with Gasteiger partial charge >= 0.3 is 0 Å². The Morgan fingerprint density at radius 2 is 1.90 bits per heavy atom. The molecule has 1 amide bonds. The number of hydrogen-bond donors (Lipinski definition) is 2. The highest BCUT2D eigenvalue weighted by molar-refractivity contribution is 7.89. The van der Waals surface area contributed by atoms with E-state index in [-0.39, 0.29) is 16.3 Å². The maximum atomic E-state index is 13.2. The number of fused-ring (bicyclic) bond motifs is 1. The minimum atomic E-state index is -3.52. The SMILES string of the molecule is CNS(=O)(=O)c1ccc(C(=O)N2CCN(c3ncnc4[nH]ccc34)CC23CC3)cc1. The van der Waals surface area contributed by atoms with Crippen molar-refractivity contribution < 1.29 is 13.2 Å². The Hall–Kier alpha value is -2.98. The summed E-state index contributed by atoms with van der Waals surface area (Å²) in [6, 6.07) is 8.09. The van der Waals surface area contributed by atoms with Crippen LogP contribution in [0.5, 0.6) is 0 Å². The van der Waals surface area contributed by atoms with Crippen LogP contribution in [-0.2, 0) is 10.0 Å². The van der Waals surface area contributed by atoms with Gasteiger partial charge in [-0.3, -0.25) is 4.79 Å². The third-order valence-corrected chi connectivity index (χ3v) is 7.47. The van der Waals surface area contributed by atoms with E-state index in [0.29, 0.717) is 18.7 Å². The highest BCUT2D eigenvalue weighted by Crippen LogP contribution is 2.46. The van der Waals surface area contributed by atoms with Gasteiger partial charge in [0.1, 0.15) is 17.8 Å². The van der Waals surface area contributed by atoms with Crippen molar-refractivity contribution >= 4 is 32.8 Å². The molecule has 0 atom stereocenters. The topological polar surface area (TPSA) is 111 Å². The molecule has 5 rings (SSSR count). The number of aromatic amines is 1. The van der Waals surface area contributed by atoms with Crippen LogP contribution in [0, 0.1) is 0 Å². The van der Waals surface area contributed by atoms with E-state index in [1.165, 1.54) is 19.2 Å². The molecule has 3 aromatic rings. The molecule has 0 unspecified atom stereocenters. The molecular formula is C20H22N6O3S. The fourth-order valence-electron chi connectivity index (χ4n) is 4.21. The molecule has 2 aromatic heterocycles. The summed E-state index contributed by atoms with van der Waals surface area (Å²) in [7, 11) is -2.16. The molecular weight excluding hydrogens is 404 g/mol. The Morgan fingerprint density at radius 3 is 2.60 bits per heavy atom. The first kappa shape index (κ1) is 19.0. The molecule has 1 spiro atoms. The number of nitrogens with one attached hydrogen (secondary N) is 2. The van der Waals surface area contributed by atoms with Crippen molar-refractivity contribution in [2.75, 3.05) is 31.6 Å². The van der Waals surface area contributed by atoms with Gasteiger partial charge < -0.3 is 14.8 Å². The van der Waals surface area contributed by atoms with Crippen molar-refractivity contribution in [2.24, 2.45) is 0 Å². The summed E-state index contributed by atoms with van der Waals surface area (Å²) in [5, 5.41) is 0.981. The lowest BCUT2D eigenvalue weighted by atomic mass is 10.1. The lowest BCUT2D eigenvalue weighted by molar-refractivity contribution is 0.0624. The highest BCUT2D eigenvalue weighted by Gasteiger charge is 2.53. The summed E-state index contributed by atoms with van der Waals surface area (Å²) in [6.07, 6.45) is 5.31. The zero-order chi connectivity index (χ0) is 20.9. The van der Waals surface area contributed by atoms with Gasteiger partial charge in [0.25, 0.3) is 5.91 Å². The van der Waals surface area contributed by atoms with E-state index in [4.69, 9.17) is 0 Å². The lowest BCUT2D eigenvalue weighted by Gasteiger charge is -2.42. The van der Waals surface area contributed by atoms with Crippen molar-refractivity contribution in [3.05, 3.63) is 48.4 Å². The van der Waals surface area contributed by atoms with Gasteiger partial charge in [-0.2, -0.15) is 0 Å². The predicted octanol–water partition coefficient (Wildman–Crippen LogP) is 1.36. The van der Waals surface area contributed by atoms with Crippen LogP contribution in [0.2, 0.25) is 0 Å². The highest BCUT2D eigenvalue weighted by atomic mass is 32.2. The summed E-state index contributed by atoms with van der Waals surface area (Å²) in [4.78, 5) is 29.4. The molecule has 30 heavy (non-hydrogen) atoms. The van der Waals surface area contributed by atoms with Gasteiger partial charge in [0.05, 0.1) is 15.8 Å². The summed E-state index contributed by atoms with van der Waals surface area (Å²) < 4.78 is 26.1. The number of H-pyrrole nitrogens is 1. The number of nitrogens with zero attached hydrogens (tertiary/aromatic N) is 4. The van der Waals surface area contributed by atoms with Gasteiger partial charge in [0, 0.05) is 31.4 Å². The number of carbonyl (C=O) groups is 1. The molecule has 0 bridgehead atoms. The van der Waals surface area contributed by atoms with Crippen molar-refractivity contribution in [3.8, 4) is 0 Å². The number of aromatic nitrogens is 3. The third-order valence-electron chi connectivity index (χ3n) is 6.04. The van der Waals surface area contributed by atoms with E-state index in [1.54, 1.807) is 18.5 Å². The minimum Gasteiger partial charge on any atom is -0.352 e. The number of benzene rings is 1. The lowest BCUT2D eigenvalue weighted by Crippen LogP contribution is -2.57. The Morgan fingerprint density at radius 1 is 1.13 bits per heavy atom. The number of amides is 1. The first-order valence-corrected chi connectivity index (χ1v) is 11.3. The van der Waals surface area contributed by atoms with Crippen LogP contribution in [0.1, 0.15) is 23.2 Å². The van der Waals surface area contributed by atoms with Crippen LogP contribution in [0.15, 0.2) is 47.8 Å². The fourth-order valence-corrected chi connectivity index (χ4v) is 4.94. The molecule has 1 saturated carbocycles. The average molecular weight is 427 g/mol.